The summed E-state index contributed by atoms with van der Waals surface area (Å²) in [4.78, 5) is 4.46. The van der Waals surface area contributed by atoms with Gasteiger partial charge in [0, 0.05) is 11.5 Å². The van der Waals surface area contributed by atoms with E-state index >= 15 is 0 Å². The number of benzene rings is 1. The number of aromatic nitrogens is 1. The van der Waals surface area contributed by atoms with Gasteiger partial charge in [0.2, 0.25) is 0 Å². The fourth-order valence-electron chi connectivity index (χ4n) is 1.47. The van der Waals surface area contributed by atoms with Crippen molar-refractivity contribution in [3.8, 4) is 11.3 Å². The summed E-state index contributed by atoms with van der Waals surface area (Å²) in [5, 5.41) is 1.90. The van der Waals surface area contributed by atoms with Crippen molar-refractivity contribution in [3.05, 3.63) is 34.0 Å². The number of hydrogen-bond acceptors (Lipinski definition) is 3. The predicted molar refractivity (Wildman–Crippen MR) is 71.0 cm³/mol. The minimum atomic E-state index is -0.364. The van der Waals surface area contributed by atoms with Crippen LogP contribution in [0, 0.1) is 5.82 Å². The zero-order chi connectivity index (χ0) is 12.6. The molecule has 2 N–H and O–H groups in total. The maximum Gasteiger partial charge on any atom is 0.124 e. The van der Waals surface area contributed by atoms with Gasteiger partial charge in [0.15, 0.2) is 0 Å². The van der Waals surface area contributed by atoms with Gasteiger partial charge in [0.05, 0.1) is 10.0 Å². The van der Waals surface area contributed by atoms with Crippen LogP contribution in [0.1, 0.15) is 24.8 Å². The first-order valence-corrected chi connectivity index (χ1v) is 6.40. The van der Waals surface area contributed by atoms with Crippen LogP contribution in [0.25, 0.3) is 11.3 Å². The van der Waals surface area contributed by atoms with Crippen LogP contribution in [0.5, 0.6) is 0 Å². The fourth-order valence-corrected chi connectivity index (χ4v) is 2.58. The third kappa shape index (κ3) is 2.42. The Morgan fingerprint density at radius 3 is 2.65 bits per heavy atom. The van der Waals surface area contributed by atoms with Crippen molar-refractivity contribution < 1.29 is 4.39 Å². The Bertz CT molecular complexity index is 551. The van der Waals surface area contributed by atoms with Crippen molar-refractivity contribution in [2.24, 2.45) is 0 Å². The number of hydrogen-bond donors (Lipinski definition) is 1. The van der Waals surface area contributed by atoms with E-state index in [9.17, 15) is 4.39 Å². The van der Waals surface area contributed by atoms with Crippen LogP contribution in [0.15, 0.2) is 18.2 Å². The summed E-state index contributed by atoms with van der Waals surface area (Å²) >= 11 is 7.44. The molecule has 0 fully saturated rings. The Kier molecular flexibility index (Phi) is 3.35. The van der Waals surface area contributed by atoms with Gasteiger partial charge in [-0.15, -0.1) is 11.3 Å². The van der Waals surface area contributed by atoms with Crippen molar-refractivity contribution in [1.29, 1.82) is 0 Å². The quantitative estimate of drug-likeness (QED) is 0.883. The van der Waals surface area contributed by atoms with Gasteiger partial charge >= 0.3 is 0 Å². The largest absolute Gasteiger partial charge is 0.389 e. The zero-order valence-electron chi connectivity index (χ0n) is 9.50. The molecule has 1 aromatic carbocycles. The molecule has 2 nitrogen and oxygen atoms in total. The van der Waals surface area contributed by atoms with Crippen LogP contribution in [0.3, 0.4) is 0 Å². The van der Waals surface area contributed by atoms with Crippen molar-refractivity contribution in [2.45, 2.75) is 19.8 Å². The van der Waals surface area contributed by atoms with E-state index in [0.717, 1.165) is 5.01 Å². The lowest BCUT2D eigenvalue weighted by Crippen LogP contribution is -1.89. The first kappa shape index (κ1) is 12.3. The van der Waals surface area contributed by atoms with Gasteiger partial charge in [-0.05, 0) is 18.2 Å². The summed E-state index contributed by atoms with van der Waals surface area (Å²) in [7, 11) is 0. The van der Waals surface area contributed by atoms with Crippen LogP contribution >= 0.6 is 22.9 Å². The molecule has 0 bridgehead atoms. The molecular formula is C12H12ClFN2S. The second-order valence-electron chi connectivity index (χ2n) is 4.04. The van der Waals surface area contributed by atoms with E-state index in [0.29, 0.717) is 27.2 Å². The van der Waals surface area contributed by atoms with Crippen LogP contribution in [0.4, 0.5) is 9.39 Å². The zero-order valence-corrected chi connectivity index (χ0v) is 11.1. The van der Waals surface area contributed by atoms with Crippen molar-refractivity contribution in [2.75, 3.05) is 5.73 Å². The van der Waals surface area contributed by atoms with Gasteiger partial charge in [-0.3, -0.25) is 0 Å². The number of nitrogens with two attached hydrogens (primary N) is 1. The molecule has 17 heavy (non-hydrogen) atoms. The smallest absolute Gasteiger partial charge is 0.124 e. The molecule has 1 aromatic heterocycles. The van der Waals surface area contributed by atoms with E-state index in [1.54, 1.807) is 6.07 Å². The maximum atomic E-state index is 13.0. The Morgan fingerprint density at radius 2 is 2.12 bits per heavy atom. The van der Waals surface area contributed by atoms with Gasteiger partial charge in [-0.2, -0.15) is 0 Å². The molecule has 90 valence electrons. The number of halogens is 2. The predicted octanol–water partition coefficient (Wildman–Crippen LogP) is 4.31. The molecule has 0 amide bonds. The van der Waals surface area contributed by atoms with Crippen LogP contribution in [-0.2, 0) is 0 Å². The third-order valence-electron chi connectivity index (χ3n) is 2.35. The highest BCUT2D eigenvalue weighted by Crippen LogP contribution is 2.37. The second kappa shape index (κ2) is 4.63. The summed E-state index contributed by atoms with van der Waals surface area (Å²) in [6.07, 6.45) is 0. The van der Waals surface area contributed by atoms with E-state index in [2.05, 4.69) is 4.98 Å². The van der Waals surface area contributed by atoms with E-state index in [4.69, 9.17) is 17.3 Å². The van der Waals surface area contributed by atoms with Crippen LogP contribution in [-0.4, -0.2) is 4.98 Å². The Hall–Kier alpha value is -1.13. The molecule has 0 radical (unpaired) electrons. The first-order valence-electron chi connectivity index (χ1n) is 5.20. The Balaban J connectivity index is 2.52. The molecule has 2 aromatic rings. The van der Waals surface area contributed by atoms with Crippen molar-refractivity contribution >= 4 is 27.9 Å². The minimum absolute atomic E-state index is 0.315. The molecule has 0 saturated carbocycles. The van der Waals surface area contributed by atoms with Gasteiger partial charge in [-0.25, -0.2) is 9.37 Å². The van der Waals surface area contributed by atoms with Crippen molar-refractivity contribution in [1.82, 2.24) is 4.98 Å². The lowest BCUT2D eigenvalue weighted by molar-refractivity contribution is 0.628. The number of nitrogen functional groups attached to an aromatic ring is 1. The molecule has 0 aliphatic heterocycles. The van der Waals surface area contributed by atoms with Crippen molar-refractivity contribution in [3.63, 3.8) is 0 Å². The molecule has 0 unspecified atom stereocenters. The summed E-state index contributed by atoms with van der Waals surface area (Å²) in [6, 6.07) is 4.23. The fraction of sp³-hybridized carbons (Fsp3) is 0.250. The number of thiazole rings is 1. The summed E-state index contributed by atoms with van der Waals surface area (Å²) in [5.41, 5.74) is 7.24. The van der Waals surface area contributed by atoms with Gasteiger partial charge < -0.3 is 5.73 Å². The summed E-state index contributed by atoms with van der Waals surface area (Å²) in [5.74, 6) is -0.0492. The number of rotatable bonds is 2. The summed E-state index contributed by atoms with van der Waals surface area (Å²) in [6.45, 7) is 4.10. The monoisotopic (exact) mass is 270 g/mol. The summed E-state index contributed by atoms with van der Waals surface area (Å²) < 4.78 is 13.0. The lowest BCUT2D eigenvalue weighted by Gasteiger charge is -2.02. The van der Waals surface area contributed by atoms with Gasteiger partial charge in [-0.1, -0.05) is 25.4 Å². The van der Waals surface area contributed by atoms with E-state index in [-0.39, 0.29) is 5.82 Å². The molecule has 2 rings (SSSR count). The number of anilines is 1. The highest BCUT2D eigenvalue weighted by atomic mass is 35.5. The molecule has 0 atom stereocenters. The third-order valence-corrected chi connectivity index (χ3v) is 3.85. The Morgan fingerprint density at radius 1 is 1.41 bits per heavy atom. The van der Waals surface area contributed by atoms with Crippen LogP contribution < -0.4 is 5.73 Å². The highest BCUT2D eigenvalue weighted by Gasteiger charge is 2.15. The maximum absolute atomic E-state index is 13.0. The van der Waals surface area contributed by atoms with E-state index in [1.807, 2.05) is 13.8 Å². The molecule has 0 saturated heterocycles. The van der Waals surface area contributed by atoms with Gasteiger partial charge in [0.25, 0.3) is 0 Å². The van der Waals surface area contributed by atoms with E-state index < -0.39 is 0 Å². The average Bonchev–Trinajstić information content (AvgIpc) is 2.61. The SMILES string of the molecule is CC(C)c1nc(-c2ccc(F)cc2Cl)c(N)s1. The van der Waals surface area contributed by atoms with Gasteiger partial charge in [0.1, 0.15) is 16.5 Å². The molecule has 0 aliphatic rings. The second-order valence-corrected chi connectivity index (χ2v) is 5.51. The molecular weight excluding hydrogens is 259 g/mol. The van der Waals surface area contributed by atoms with Crippen LogP contribution in [0.2, 0.25) is 5.02 Å². The highest BCUT2D eigenvalue weighted by molar-refractivity contribution is 7.16. The number of nitrogens with zero attached hydrogens (tertiary/aromatic N) is 1. The Labute approximate surface area is 108 Å². The normalized spacial score (nSPS) is 11.1. The molecule has 0 aliphatic carbocycles. The molecule has 5 heteroatoms. The lowest BCUT2D eigenvalue weighted by atomic mass is 10.1. The minimum Gasteiger partial charge on any atom is -0.389 e. The molecule has 0 spiro atoms. The topological polar surface area (TPSA) is 38.9 Å². The molecule has 1 heterocycles. The average molecular weight is 271 g/mol. The van der Waals surface area contributed by atoms with E-state index in [1.165, 1.54) is 23.5 Å². The first-order chi connectivity index (χ1) is 7.99. The standard InChI is InChI=1S/C12H12ClFN2S/c1-6(2)12-16-10(11(15)17-12)8-4-3-7(14)5-9(8)13/h3-6H,15H2,1-2H3.